The second kappa shape index (κ2) is 9.58. The van der Waals surface area contributed by atoms with Crippen LogP contribution in [0, 0.1) is 5.82 Å². The topological polar surface area (TPSA) is 128 Å². The van der Waals surface area contributed by atoms with Gasteiger partial charge in [-0.25, -0.2) is 19.3 Å². The Morgan fingerprint density at radius 2 is 2.06 bits per heavy atom. The number of hydrogen-bond donors (Lipinski definition) is 3. The molecule has 0 saturated carbocycles. The molecule has 0 radical (unpaired) electrons. The van der Waals surface area contributed by atoms with Gasteiger partial charge in [0.05, 0.1) is 48.5 Å². The number of carbonyl (C=O) groups excluding carboxylic acids is 1. The molecule has 0 unspecified atom stereocenters. The van der Waals surface area contributed by atoms with Gasteiger partial charge in [-0.05, 0) is 23.8 Å². The summed E-state index contributed by atoms with van der Waals surface area (Å²) < 4.78 is 49.7. The Hall–Kier alpha value is -4.58. The number of halogens is 1. The van der Waals surface area contributed by atoms with Gasteiger partial charge < -0.3 is 25.4 Å². The van der Waals surface area contributed by atoms with Crippen LogP contribution in [0.5, 0.6) is 5.75 Å². The van der Waals surface area contributed by atoms with Crippen molar-refractivity contribution < 1.29 is 22.8 Å². The number of methoxy groups -OCH3 is 1. The molecule has 0 spiro atoms. The summed E-state index contributed by atoms with van der Waals surface area (Å²) in [6.07, 6.45) is 2.75. The van der Waals surface area contributed by atoms with E-state index in [0.717, 1.165) is 0 Å². The van der Waals surface area contributed by atoms with Crippen molar-refractivity contribution in [3.8, 4) is 17.1 Å². The summed E-state index contributed by atoms with van der Waals surface area (Å²) in [5.74, 6) is -0.266. The lowest BCUT2D eigenvalue weighted by molar-refractivity contribution is 0.0963. The van der Waals surface area contributed by atoms with Crippen LogP contribution in [-0.2, 0) is 25.0 Å². The van der Waals surface area contributed by atoms with Gasteiger partial charge in [0.2, 0.25) is 0 Å². The van der Waals surface area contributed by atoms with Crippen molar-refractivity contribution >= 4 is 28.9 Å². The third-order valence-corrected chi connectivity index (χ3v) is 5.34. The molecule has 5 rings (SSSR count). The molecule has 1 aliphatic rings. The van der Waals surface area contributed by atoms with Crippen LogP contribution < -0.4 is 20.7 Å². The van der Waals surface area contributed by atoms with Crippen LogP contribution >= 0.6 is 0 Å². The van der Waals surface area contributed by atoms with E-state index >= 15 is 0 Å². The van der Waals surface area contributed by atoms with Crippen LogP contribution in [0.15, 0.2) is 42.9 Å². The Morgan fingerprint density at radius 1 is 1.17 bits per heavy atom. The van der Waals surface area contributed by atoms with Crippen molar-refractivity contribution in [2.45, 2.75) is 13.2 Å². The second-order valence-corrected chi connectivity index (χ2v) is 7.94. The summed E-state index contributed by atoms with van der Waals surface area (Å²) >= 11 is 0. The van der Waals surface area contributed by atoms with Crippen molar-refractivity contribution in [2.75, 3.05) is 24.7 Å². The number of aromatic nitrogens is 5. The number of benzene rings is 1. The molecular weight excluding hydrogens is 467 g/mol. The first kappa shape index (κ1) is 19.7. The summed E-state index contributed by atoms with van der Waals surface area (Å²) in [4.78, 5) is 25.8. The average Bonchev–Trinajstić information content (AvgIpc) is 3.28. The average molecular weight is 494 g/mol. The molecule has 36 heavy (non-hydrogen) atoms. The molecule has 184 valence electrons. The van der Waals surface area contributed by atoms with Crippen LogP contribution in [0.4, 0.5) is 27.4 Å². The van der Waals surface area contributed by atoms with Crippen molar-refractivity contribution in [3.63, 3.8) is 0 Å². The number of nitrogens with zero attached hydrogens (tertiary/aromatic N) is 5. The van der Waals surface area contributed by atoms with Crippen LogP contribution in [0.3, 0.4) is 0 Å². The molecule has 3 aromatic heterocycles. The summed E-state index contributed by atoms with van der Waals surface area (Å²) in [5, 5.41) is 12.4. The van der Waals surface area contributed by atoms with E-state index in [-0.39, 0.29) is 36.1 Å². The molecule has 1 aliphatic heterocycles. The number of ether oxygens (including phenoxy) is 2. The number of fused-ring (bicyclic) bond motifs is 6. The van der Waals surface area contributed by atoms with E-state index in [4.69, 9.17) is 13.6 Å². The number of amides is 1. The fraction of sp³-hybridized carbons (Fsp3) is 0.208. The highest BCUT2D eigenvalue weighted by Crippen LogP contribution is 2.39. The summed E-state index contributed by atoms with van der Waals surface area (Å²) in [7, 11) is 3.21. The van der Waals surface area contributed by atoms with Gasteiger partial charge in [-0.2, -0.15) is 5.10 Å². The van der Waals surface area contributed by atoms with Crippen molar-refractivity contribution in [3.05, 3.63) is 65.5 Å². The normalized spacial score (nSPS) is 14.2. The van der Waals surface area contributed by atoms with Gasteiger partial charge in [0.25, 0.3) is 5.91 Å². The predicted octanol–water partition coefficient (Wildman–Crippen LogP) is 3.30. The first-order valence-electron chi connectivity index (χ1n) is 12.3. The Kier molecular flexibility index (Phi) is 5.24. The smallest absolute Gasteiger partial charge is 0.254 e. The third-order valence-electron chi connectivity index (χ3n) is 5.34. The van der Waals surface area contributed by atoms with E-state index in [9.17, 15) is 9.18 Å². The predicted molar refractivity (Wildman–Crippen MR) is 130 cm³/mol. The lowest BCUT2D eigenvalue weighted by Crippen LogP contribution is -2.20. The number of nitrogens with one attached hydrogen (secondary N) is 3. The number of anilines is 4. The molecule has 0 fully saturated rings. The number of pyridine rings is 2. The molecular formula is C24H23FN8O3. The highest BCUT2D eigenvalue weighted by molar-refractivity contribution is 6.00. The Balaban J connectivity index is 1.68. The maximum Gasteiger partial charge on any atom is 0.254 e. The lowest BCUT2D eigenvalue weighted by Gasteiger charge is -2.19. The van der Waals surface area contributed by atoms with Crippen LogP contribution in [-0.4, -0.2) is 44.7 Å². The molecule has 4 heterocycles. The molecule has 0 atom stereocenters. The number of hydrogen-bond acceptors (Lipinski definition) is 9. The molecule has 1 aromatic carbocycles. The molecule has 1 amide bonds. The van der Waals surface area contributed by atoms with Crippen LogP contribution in [0.1, 0.15) is 25.7 Å². The van der Waals surface area contributed by atoms with Gasteiger partial charge in [-0.3, -0.25) is 9.48 Å². The maximum atomic E-state index is 14.3. The largest absolute Gasteiger partial charge is 0.494 e. The fourth-order valence-corrected chi connectivity index (χ4v) is 3.83. The van der Waals surface area contributed by atoms with Gasteiger partial charge in [-0.1, -0.05) is 0 Å². The van der Waals surface area contributed by atoms with Gasteiger partial charge in [0.15, 0.2) is 11.6 Å². The second-order valence-electron chi connectivity index (χ2n) is 7.94. The fourth-order valence-electron chi connectivity index (χ4n) is 3.83. The molecule has 12 heteroatoms. The lowest BCUT2D eigenvalue weighted by atomic mass is 10.1. The van der Waals surface area contributed by atoms with E-state index < -0.39 is 18.7 Å². The Bertz CT molecular complexity index is 1560. The molecule has 0 aliphatic carbocycles. The Morgan fingerprint density at radius 3 is 2.83 bits per heavy atom. The van der Waals surface area contributed by atoms with E-state index in [1.54, 1.807) is 30.2 Å². The van der Waals surface area contributed by atoms with Crippen molar-refractivity contribution in [1.82, 2.24) is 30.0 Å². The van der Waals surface area contributed by atoms with Crippen molar-refractivity contribution in [2.24, 2.45) is 7.05 Å². The quantitative estimate of drug-likeness (QED) is 0.394. The van der Waals surface area contributed by atoms with Crippen LogP contribution in [0.25, 0.3) is 11.4 Å². The zero-order valence-corrected chi connectivity index (χ0v) is 19.3. The highest BCUT2D eigenvalue weighted by Gasteiger charge is 2.20. The maximum absolute atomic E-state index is 14.3. The molecule has 0 saturated heterocycles. The highest BCUT2D eigenvalue weighted by atomic mass is 19.1. The third kappa shape index (κ3) is 4.66. The minimum absolute atomic E-state index is 0.0330. The minimum Gasteiger partial charge on any atom is -0.494 e. The summed E-state index contributed by atoms with van der Waals surface area (Å²) in [6, 6.07) is 7.49. The molecule has 4 aromatic rings. The minimum atomic E-state index is -2.73. The standard InChI is InChI=1S/C24H23FN8O3/c1-26-24(34)17-9-27-20-8-18(17)30-19-5-13(4-16(22(19)35-3)23-28-12-33(2)32-23)10-36-11-15-6-14(25)7-21(29-15)31-20/h4-9,12,30H,10-11H2,1-3H3,(H,26,34)(H,27,29,31)/i1D3. The first-order chi connectivity index (χ1) is 18.6. The molecule has 6 bridgehead atoms. The van der Waals surface area contributed by atoms with Crippen LogP contribution in [0.2, 0.25) is 0 Å². The summed E-state index contributed by atoms with van der Waals surface area (Å²) in [6.45, 7) is -2.57. The first-order valence-corrected chi connectivity index (χ1v) is 10.8. The Labute approximate surface area is 209 Å². The van der Waals surface area contributed by atoms with Gasteiger partial charge in [0.1, 0.15) is 23.8 Å². The van der Waals surface area contributed by atoms with Crippen molar-refractivity contribution in [1.29, 1.82) is 0 Å². The zero-order chi connectivity index (χ0) is 27.7. The van der Waals surface area contributed by atoms with E-state index in [0.29, 0.717) is 34.1 Å². The zero-order valence-electron chi connectivity index (χ0n) is 22.3. The summed E-state index contributed by atoms with van der Waals surface area (Å²) in [5.41, 5.74) is 2.15. The van der Waals surface area contributed by atoms with Gasteiger partial charge in [-0.15, -0.1) is 0 Å². The molecule has 3 N–H and O–H groups in total. The van der Waals surface area contributed by atoms with E-state index in [1.165, 1.54) is 31.5 Å². The SMILES string of the molecule is [2H]C([2H])([2H])NC(=O)c1cnc2cc1Nc1cc(cc(-c3ncn(C)n3)c1OC)COCc1cc(F)cc(n1)N2. The molecule has 11 nitrogen and oxygen atoms in total. The van der Waals surface area contributed by atoms with Gasteiger partial charge >= 0.3 is 0 Å². The number of carbonyl (C=O) groups is 1. The van der Waals surface area contributed by atoms with E-state index in [1.807, 2.05) is 5.32 Å². The number of rotatable bonds is 3. The van der Waals surface area contributed by atoms with Gasteiger partial charge in [0, 0.05) is 36.5 Å². The van der Waals surface area contributed by atoms with E-state index in [2.05, 4.69) is 30.7 Å². The number of aryl methyl sites for hydroxylation is 1. The monoisotopic (exact) mass is 493 g/mol.